The van der Waals surface area contributed by atoms with Crippen LogP contribution in [0.1, 0.15) is 5.76 Å². The molecule has 0 saturated heterocycles. The van der Waals surface area contributed by atoms with Gasteiger partial charge in [-0.2, -0.15) is 8.42 Å². The van der Waals surface area contributed by atoms with E-state index in [1.165, 1.54) is 23.5 Å². The summed E-state index contributed by atoms with van der Waals surface area (Å²) in [6, 6.07) is 23.9. The fourth-order valence-electron chi connectivity index (χ4n) is 3.62. The van der Waals surface area contributed by atoms with Gasteiger partial charge in [0, 0.05) is 26.5 Å². The van der Waals surface area contributed by atoms with E-state index >= 15 is 0 Å². The third-order valence-electron chi connectivity index (χ3n) is 5.06. The Hall–Kier alpha value is -2.94. The van der Waals surface area contributed by atoms with Gasteiger partial charge >= 0.3 is 0 Å². The number of para-hydroxylation sites is 2. The maximum Gasteiger partial charge on any atom is 0.285 e. The lowest BCUT2D eigenvalue weighted by atomic mass is 10.1. The summed E-state index contributed by atoms with van der Waals surface area (Å²) in [5.74, 6) is 0.760. The molecule has 0 aliphatic carbocycles. The fraction of sp³-hybridized carbons (Fsp3) is 0.0417. The van der Waals surface area contributed by atoms with E-state index in [9.17, 15) is 8.42 Å². The molecule has 0 radical (unpaired) electrons. The van der Waals surface area contributed by atoms with Gasteiger partial charge in [-0.1, -0.05) is 52.3 Å². The average molecular weight is 525 g/mol. The molecule has 0 unspecified atom stereocenters. The first-order valence-corrected chi connectivity index (χ1v) is 12.9. The van der Waals surface area contributed by atoms with Crippen LogP contribution in [0.3, 0.4) is 0 Å². The van der Waals surface area contributed by atoms with Gasteiger partial charge in [0.05, 0.1) is 10.6 Å². The number of aryl methyl sites for hydroxylation is 1. The van der Waals surface area contributed by atoms with E-state index in [4.69, 9.17) is 4.42 Å². The second-order valence-corrected chi connectivity index (χ2v) is 10.5. The maximum absolute atomic E-state index is 13.1. The Balaban J connectivity index is 1.79. The van der Waals surface area contributed by atoms with Crippen LogP contribution in [0.15, 0.2) is 102 Å². The second kappa shape index (κ2) is 8.20. The van der Waals surface area contributed by atoms with Crippen molar-refractivity contribution >= 4 is 48.3 Å². The zero-order valence-electron chi connectivity index (χ0n) is 16.9. The van der Waals surface area contributed by atoms with Crippen LogP contribution in [-0.2, 0) is 10.0 Å². The lowest BCUT2D eigenvalue weighted by molar-refractivity contribution is 0.579. The molecule has 0 aliphatic heterocycles. The van der Waals surface area contributed by atoms with Crippen LogP contribution >= 0.6 is 27.3 Å². The number of fused-ring (bicyclic) bond motifs is 1. The van der Waals surface area contributed by atoms with Crippen LogP contribution in [0.25, 0.3) is 27.9 Å². The van der Waals surface area contributed by atoms with Crippen LogP contribution in [0.4, 0.5) is 0 Å². The summed E-state index contributed by atoms with van der Waals surface area (Å²) in [5.41, 5.74) is 3.35. The Labute approximate surface area is 197 Å². The largest absolute Gasteiger partial charge is 0.461 e. The van der Waals surface area contributed by atoms with Crippen molar-refractivity contribution in [1.29, 1.82) is 0 Å². The first-order valence-electron chi connectivity index (χ1n) is 9.75. The minimum Gasteiger partial charge on any atom is -0.461 e. The monoisotopic (exact) mass is 524 g/mol. The van der Waals surface area contributed by atoms with Crippen molar-refractivity contribution in [2.24, 2.45) is 4.40 Å². The SMILES string of the molecule is Cc1oc2ccccc2c1-c1csc(=NS(=O)(=O)c2ccc(Br)cc2)n1-c1ccccc1. The van der Waals surface area contributed by atoms with E-state index < -0.39 is 10.0 Å². The smallest absolute Gasteiger partial charge is 0.285 e. The molecular formula is C24H17BrN2O3S2. The summed E-state index contributed by atoms with van der Waals surface area (Å²) in [5, 5.41) is 2.89. The fourth-order valence-corrected chi connectivity index (χ4v) is 5.98. The Morgan fingerprint density at radius 3 is 2.38 bits per heavy atom. The van der Waals surface area contributed by atoms with E-state index in [-0.39, 0.29) is 4.90 Å². The predicted octanol–water partition coefficient (Wildman–Crippen LogP) is 6.31. The molecule has 0 aliphatic rings. The van der Waals surface area contributed by atoms with Crippen molar-refractivity contribution in [3.8, 4) is 16.9 Å². The van der Waals surface area contributed by atoms with Crippen LogP contribution < -0.4 is 4.80 Å². The number of aromatic nitrogens is 1. The van der Waals surface area contributed by atoms with Crippen molar-refractivity contribution in [1.82, 2.24) is 4.57 Å². The Morgan fingerprint density at radius 2 is 1.62 bits per heavy atom. The number of hydrogen-bond acceptors (Lipinski definition) is 4. The number of nitrogens with zero attached hydrogens (tertiary/aromatic N) is 2. The van der Waals surface area contributed by atoms with Gasteiger partial charge in [-0.3, -0.25) is 4.57 Å². The van der Waals surface area contributed by atoms with E-state index in [0.717, 1.165) is 38.1 Å². The molecule has 0 N–H and O–H groups in total. The third-order valence-corrected chi connectivity index (χ3v) is 7.81. The summed E-state index contributed by atoms with van der Waals surface area (Å²) in [4.78, 5) is 0.499. The van der Waals surface area contributed by atoms with Gasteiger partial charge in [0.2, 0.25) is 4.80 Å². The maximum atomic E-state index is 13.1. The van der Waals surface area contributed by atoms with Gasteiger partial charge in [-0.05, 0) is 49.4 Å². The number of furan rings is 1. The van der Waals surface area contributed by atoms with Crippen LogP contribution in [0, 0.1) is 6.92 Å². The summed E-state index contributed by atoms with van der Waals surface area (Å²) in [6.45, 7) is 1.91. The van der Waals surface area contributed by atoms with Crippen LogP contribution in [-0.4, -0.2) is 13.0 Å². The lowest BCUT2D eigenvalue weighted by Gasteiger charge is -2.09. The van der Waals surface area contributed by atoms with Gasteiger partial charge in [-0.15, -0.1) is 15.7 Å². The van der Waals surface area contributed by atoms with E-state index in [1.807, 2.05) is 71.5 Å². The van der Waals surface area contributed by atoms with E-state index in [0.29, 0.717) is 4.80 Å². The van der Waals surface area contributed by atoms with Crippen molar-refractivity contribution in [2.45, 2.75) is 11.8 Å². The first-order chi connectivity index (χ1) is 15.4. The van der Waals surface area contributed by atoms with Crippen molar-refractivity contribution in [3.63, 3.8) is 0 Å². The summed E-state index contributed by atoms with van der Waals surface area (Å²) >= 11 is 4.61. The Kier molecular flexibility index (Phi) is 5.36. The average Bonchev–Trinajstić information content (AvgIpc) is 3.33. The molecule has 5 rings (SSSR count). The van der Waals surface area contributed by atoms with E-state index in [2.05, 4.69) is 20.3 Å². The first kappa shape index (κ1) is 20.9. The number of hydrogen-bond donors (Lipinski definition) is 0. The highest BCUT2D eigenvalue weighted by atomic mass is 79.9. The minimum absolute atomic E-state index is 0.139. The minimum atomic E-state index is -3.90. The molecule has 5 nitrogen and oxygen atoms in total. The molecule has 2 heterocycles. The number of thiazole rings is 1. The molecule has 5 aromatic rings. The molecule has 0 bridgehead atoms. The molecule has 0 saturated carbocycles. The number of halogens is 1. The van der Waals surface area contributed by atoms with Gasteiger partial charge < -0.3 is 4.42 Å². The highest BCUT2D eigenvalue weighted by molar-refractivity contribution is 9.10. The highest BCUT2D eigenvalue weighted by Gasteiger charge is 2.20. The van der Waals surface area contributed by atoms with Gasteiger partial charge in [0.25, 0.3) is 10.0 Å². The molecular weight excluding hydrogens is 508 g/mol. The number of sulfonamides is 1. The predicted molar refractivity (Wildman–Crippen MR) is 130 cm³/mol. The zero-order valence-corrected chi connectivity index (χ0v) is 20.1. The van der Waals surface area contributed by atoms with Gasteiger partial charge in [0.15, 0.2) is 0 Å². The van der Waals surface area contributed by atoms with Gasteiger partial charge in [-0.25, -0.2) is 0 Å². The van der Waals surface area contributed by atoms with Crippen molar-refractivity contribution < 1.29 is 12.8 Å². The normalized spacial score (nSPS) is 12.5. The third kappa shape index (κ3) is 3.74. The molecule has 160 valence electrons. The molecule has 8 heteroatoms. The zero-order chi connectivity index (χ0) is 22.3. The van der Waals surface area contributed by atoms with Gasteiger partial charge in [0.1, 0.15) is 11.3 Å². The molecule has 32 heavy (non-hydrogen) atoms. The van der Waals surface area contributed by atoms with Crippen LogP contribution in [0.2, 0.25) is 0 Å². The Bertz CT molecular complexity index is 1600. The molecule has 3 aromatic carbocycles. The highest BCUT2D eigenvalue weighted by Crippen LogP contribution is 2.35. The molecule has 0 fully saturated rings. The quantitative estimate of drug-likeness (QED) is 0.276. The molecule has 0 atom stereocenters. The van der Waals surface area contributed by atoms with Crippen molar-refractivity contribution in [2.75, 3.05) is 0 Å². The number of rotatable bonds is 4. The summed E-state index contributed by atoms with van der Waals surface area (Å²) < 4.78 is 39.0. The molecule has 2 aromatic heterocycles. The summed E-state index contributed by atoms with van der Waals surface area (Å²) in [6.07, 6.45) is 0. The topological polar surface area (TPSA) is 64.6 Å². The van der Waals surface area contributed by atoms with Crippen LogP contribution in [0.5, 0.6) is 0 Å². The van der Waals surface area contributed by atoms with Crippen molar-refractivity contribution in [3.05, 3.63) is 99.3 Å². The van der Waals surface area contributed by atoms with E-state index in [1.54, 1.807) is 12.1 Å². The number of benzene rings is 3. The summed E-state index contributed by atoms with van der Waals surface area (Å²) in [7, 11) is -3.90. The Morgan fingerprint density at radius 1 is 0.938 bits per heavy atom. The second-order valence-electron chi connectivity index (χ2n) is 7.12. The molecule has 0 spiro atoms. The molecule has 0 amide bonds. The standard InChI is InChI=1S/C24H17BrN2O3S2/c1-16-23(20-9-5-6-10-22(20)30-16)21-15-31-24(27(21)18-7-3-2-4-8-18)26-32(28,29)19-13-11-17(25)12-14-19/h2-15H,1H3. The lowest BCUT2D eigenvalue weighted by Crippen LogP contribution is -2.16.